The molecule has 0 aromatic carbocycles. The smallest absolute Gasteiger partial charge is 0.333 e. The molecule has 0 radical (unpaired) electrons. The van der Waals surface area contributed by atoms with Crippen LogP contribution in [0.1, 0.15) is 20.3 Å². The summed E-state index contributed by atoms with van der Waals surface area (Å²) in [5.74, 6) is 0.974. The Morgan fingerprint density at radius 3 is 3.00 bits per heavy atom. The SMILES string of the molecule is CCC1CN(C/C=C(/C)C(=O)OC)CCS1. The average molecular weight is 243 g/mol. The van der Waals surface area contributed by atoms with Crippen LogP contribution in [0, 0.1) is 0 Å². The Morgan fingerprint density at radius 2 is 2.38 bits per heavy atom. The van der Waals surface area contributed by atoms with Crippen molar-refractivity contribution >= 4 is 17.7 Å². The molecule has 92 valence electrons. The summed E-state index contributed by atoms with van der Waals surface area (Å²) in [5.41, 5.74) is 0.703. The van der Waals surface area contributed by atoms with E-state index in [1.54, 1.807) is 0 Å². The predicted molar refractivity (Wildman–Crippen MR) is 68.8 cm³/mol. The van der Waals surface area contributed by atoms with Gasteiger partial charge in [-0.05, 0) is 13.3 Å². The number of hydrogen-bond acceptors (Lipinski definition) is 4. The zero-order valence-electron chi connectivity index (χ0n) is 10.4. The average Bonchev–Trinajstić information content (AvgIpc) is 2.35. The molecule has 1 aliphatic heterocycles. The minimum absolute atomic E-state index is 0.224. The molecule has 1 unspecified atom stereocenters. The van der Waals surface area contributed by atoms with Gasteiger partial charge in [-0.1, -0.05) is 13.0 Å². The Kier molecular flexibility index (Phi) is 5.91. The van der Waals surface area contributed by atoms with Gasteiger partial charge < -0.3 is 4.74 Å². The lowest BCUT2D eigenvalue weighted by atomic mass is 10.2. The largest absolute Gasteiger partial charge is 0.466 e. The normalized spacial score (nSPS) is 23.2. The van der Waals surface area contributed by atoms with Gasteiger partial charge in [0, 0.05) is 36.2 Å². The molecule has 16 heavy (non-hydrogen) atoms. The molecule has 0 saturated carbocycles. The van der Waals surface area contributed by atoms with Crippen molar-refractivity contribution in [2.75, 3.05) is 32.5 Å². The summed E-state index contributed by atoms with van der Waals surface area (Å²) in [4.78, 5) is 13.6. The fourth-order valence-electron chi connectivity index (χ4n) is 1.70. The summed E-state index contributed by atoms with van der Waals surface area (Å²) >= 11 is 2.06. The van der Waals surface area contributed by atoms with Crippen LogP contribution in [0.4, 0.5) is 0 Å². The van der Waals surface area contributed by atoms with E-state index >= 15 is 0 Å². The third-order valence-corrected chi connectivity index (χ3v) is 4.21. The molecule has 1 atom stereocenters. The van der Waals surface area contributed by atoms with Crippen LogP contribution in [0.15, 0.2) is 11.6 Å². The number of carbonyl (C=O) groups is 1. The van der Waals surface area contributed by atoms with Gasteiger partial charge in [-0.25, -0.2) is 4.79 Å². The van der Waals surface area contributed by atoms with Crippen molar-refractivity contribution in [1.82, 2.24) is 4.90 Å². The van der Waals surface area contributed by atoms with Gasteiger partial charge in [0.1, 0.15) is 0 Å². The second-order valence-electron chi connectivity index (χ2n) is 4.04. The second kappa shape index (κ2) is 6.97. The Hall–Kier alpha value is -0.480. The molecule has 1 saturated heterocycles. The quantitative estimate of drug-likeness (QED) is 0.557. The highest BCUT2D eigenvalue weighted by atomic mass is 32.2. The number of esters is 1. The van der Waals surface area contributed by atoms with Gasteiger partial charge >= 0.3 is 5.97 Å². The van der Waals surface area contributed by atoms with Crippen LogP contribution in [0.3, 0.4) is 0 Å². The molecule has 0 amide bonds. The fraction of sp³-hybridized carbons (Fsp3) is 0.750. The van der Waals surface area contributed by atoms with Crippen molar-refractivity contribution in [3.8, 4) is 0 Å². The summed E-state index contributed by atoms with van der Waals surface area (Å²) in [6, 6.07) is 0. The van der Waals surface area contributed by atoms with Crippen LogP contribution >= 0.6 is 11.8 Å². The Morgan fingerprint density at radius 1 is 1.62 bits per heavy atom. The topological polar surface area (TPSA) is 29.5 Å². The predicted octanol–water partition coefficient (Wildman–Crippen LogP) is 1.93. The number of rotatable bonds is 4. The van der Waals surface area contributed by atoms with Gasteiger partial charge in [-0.15, -0.1) is 0 Å². The van der Waals surface area contributed by atoms with E-state index in [-0.39, 0.29) is 5.97 Å². The Labute approximate surface area is 102 Å². The van der Waals surface area contributed by atoms with Gasteiger partial charge in [-0.2, -0.15) is 11.8 Å². The maximum absolute atomic E-state index is 11.2. The van der Waals surface area contributed by atoms with Gasteiger partial charge in [0.2, 0.25) is 0 Å². The number of thioether (sulfide) groups is 1. The molecule has 1 heterocycles. The van der Waals surface area contributed by atoms with E-state index in [1.807, 2.05) is 13.0 Å². The van der Waals surface area contributed by atoms with Crippen molar-refractivity contribution in [1.29, 1.82) is 0 Å². The maximum Gasteiger partial charge on any atom is 0.333 e. The highest BCUT2D eigenvalue weighted by Gasteiger charge is 2.17. The van der Waals surface area contributed by atoms with Crippen molar-refractivity contribution in [2.24, 2.45) is 0 Å². The van der Waals surface area contributed by atoms with E-state index < -0.39 is 0 Å². The van der Waals surface area contributed by atoms with E-state index in [2.05, 4.69) is 28.3 Å². The van der Waals surface area contributed by atoms with Gasteiger partial charge in [0.15, 0.2) is 0 Å². The molecule has 0 N–H and O–H groups in total. The maximum atomic E-state index is 11.2. The molecular formula is C12H21NO2S. The highest BCUT2D eigenvalue weighted by molar-refractivity contribution is 8.00. The molecule has 1 aliphatic rings. The van der Waals surface area contributed by atoms with Crippen LogP contribution in [0.2, 0.25) is 0 Å². The molecule has 0 aromatic rings. The van der Waals surface area contributed by atoms with Crippen LogP contribution in [0.25, 0.3) is 0 Å². The van der Waals surface area contributed by atoms with Crippen molar-refractivity contribution in [3.05, 3.63) is 11.6 Å². The van der Waals surface area contributed by atoms with Crippen LogP contribution in [-0.2, 0) is 9.53 Å². The summed E-state index contributed by atoms with van der Waals surface area (Å²) in [6.45, 7) is 7.15. The number of ether oxygens (including phenoxy) is 1. The number of nitrogens with zero attached hydrogens (tertiary/aromatic N) is 1. The standard InChI is InChI=1S/C12H21NO2S/c1-4-11-9-13(7-8-16-11)6-5-10(2)12(14)15-3/h5,11H,4,6-9H2,1-3H3/b10-5-. The van der Waals surface area contributed by atoms with E-state index in [0.717, 1.165) is 24.9 Å². The first-order valence-electron chi connectivity index (χ1n) is 5.76. The molecule has 0 bridgehead atoms. The lowest BCUT2D eigenvalue weighted by Gasteiger charge is -2.31. The molecule has 1 fully saturated rings. The zero-order valence-corrected chi connectivity index (χ0v) is 11.2. The third kappa shape index (κ3) is 4.18. The van der Waals surface area contributed by atoms with Gasteiger partial charge in [-0.3, -0.25) is 4.90 Å². The molecule has 1 rings (SSSR count). The summed E-state index contributed by atoms with van der Waals surface area (Å²) in [7, 11) is 1.42. The molecular weight excluding hydrogens is 222 g/mol. The fourth-order valence-corrected chi connectivity index (χ4v) is 2.95. The Bertz CT molecular complexity index is 266. The van der Waals surface area contributed by atoms with Crippen LogP contribution in [0.5, 0.6) is 0 Å². The highest BCUT2D eigenvalue weighted by Crippen LogP contribution is 2.20. The minimum Gasteiger partial charge on any atom is -0.466 e. The van der Waals surface area contributed by atoms with E-state index in [9.17, 15) is 4.79 Å². The number of carbonyl (C=O) groups excluding carboxylic acids is 1. The van der Waals surface area contributed by atoms with E-state index in [4.69, 9.17) is 0 Å². The molecule has 0 aromatic heterocycles. The second-order valence-corrected chi connectivity index (χ2v) is 5.45. The van der Waals surface area contributed by atoms with Crippen molar-refractivity contribution < 1.29 is 9.53 Å². The van der Waals surface area contributed by atoms with E-state index in [1.165, 1.54) is 19.3 Å². The molecule has 4 heteroatoms. The van der Waals surface area contributed by atoms with Crippen molar-refractivity contribution in [3.63, 3.8) is 0 Å². The monoisotopic (exact) mass is 243 g/mol. The summed E-state index contributed by atoms with van der Waals surface area (Å²) in [5, 5.41) is 0.751. The van der Waals surface area contributed by atoms with Crippen molar-refractivity contribution in [2.45, 2.75) is 25.5 Å². The molecule has 0 spiro atoms. The first kappa shape index (κ1) is 13.6. The zero-order chi connectivity index (χ0) is 12.0. The lowest BCUT2D eigenvalue weighted by molar-refractivity contribution is -0.136. The first-order chi connectivity index (χ1) is 7.67. The summed E-state index contributed by atoms with van der Waals surface area (Å²) in [6.07, 6.45) is 3.19. The molecule has 0 aliphatic carbocycles. The lowest BCUT2D eigenvalue weighted by Crippen LogP contribution is -2.37. The number of methoxy groups -OCH3 is 1. The van der Waals surface area contributed by atoms with Crippen LogP contribution in [-0.4, -0.2) is 48.6 Å². The number of hydrogen-bond donors (Lipinski definition) is 0. The Balaban J connectivity index is 2.39. The third-order valence-electron chi connectivity index (χ3n) is 2.84. The molecule has 3 nitrogen and oxygen atoms in total. The first-order valence-corrected chi connectivity index (χ1v) is 6.81. The van der Waals surface area contributed by atoms with Gasteiger partial charge in [0.05, 0.1) is 7.11 Å². The minimum atomic E-state index is -0.224. The van der Waals surface area contributed by atoms with Gasteiger partial charge in [0.25, 0.3) is 0 Å². The van der Waals surface area contributed by atoms with E-state index in [0.29, 0.717) is 5.57 Å². The van der Waals surface area contributed by atoms with Crippen LogP contribution < -0.4 is 0 Å². The summed E-state index contributed by atoms with van der Waals surface area (Å²) < 4.78 is 4.66.